The summed E-state index contributed by atoms with van der Waals surface area (Å²) in [5, 5.41) is 22.7. The number of anilines is 2. The van der Waals surface area contributed by atoms with E-state index in [-0.39, 0.29) is 0 Å². The lowest BCUT2D eigenvalue weighted by molar-refractivity contribution is 0.0572. The number of aromatic nitrogens is 2. The number of hydrogen-bond acceptors (Lipinski definition) is 6. The first-order valence-corrected chi connectivity index (χ1v) is 7.29. The topological polar surface area (TPSA) is 81.5 Å². The number of aryl methyl sites for hydroxylation is 1. The monoisotopic (exact) mass is 280 g/mol. The van der Waals surface area contributed by atoms with Crippen LogP contribution in [0.15, 0.2) is 0 Å². The third-order valence-electron chi connectivity index (χ3n) is 3.58. The molecular formula is C14H24N4O2. The van der Waals surface area contributed by atoms with E-state index in [0.717, 1.165) is 42.4 Å². The Hall–Kier alpha value is -1.40. The molecule has 0 spiro atoms. The minimum Gasteiger partial charge on any atom is -0.389 e. The molecule has 0 amide bonds. The SMILES string of the molecule is CCCNc1nc(CC)nc(N2CC(O)C(O)C2)c1C. The molecule has 20 heavy (non-hydrogen) atoms. The van der Waals surface area contributed by atoms with Gasteiger partial charge in [-0.2, -0.15) is 0 Å². The Bertz CT molecular complexity index is 457. The van der Waals surface area contributed by atoms with Crippen LogP contribution in [0.4, 0.5) is 11.6 Å². The van der Waals surface area contributed by atoms with Gasteiger partial charge in [-0.15, -0.1) is 0 Å². The molecule has 0 saturated carbocycles. The zero-order valence-electron chi connectivity index (χ0n) is 12.4. The van der Waals surface area contributed by atoms with E-state index in [4.69, 9.17) is 0 Å². The van der Waals surface area contributed by atoms with Gasteiger partial charge in [-0.1, -0.05) is 13.8 Å². The first-order valence-electron chi connectivity index (χ1n) is 7.29. The Morgan fingerprint density at radius 1 is 1.20 bits per heavy atom. The normalized spacial score (nSPS) is 22.4. The Morgan fingerprint density at radius 3 is 2.40 bits per heavy atom. The molecule has 2 unspecified atom stereocenters. The Morgan fingerprint density at radius 2 is 1.85 bits per heavy atom. The first-order chi connectivity index (χ1) is 9.56. The van der Waals surface area contributed by atoms with Crippen LogP contribution in [-0.4, -0.2) is 52.0 Å². The van der Waals surface area contributed by atoms with Gasteiger partial charge in [-0.25, -0.2) is 9.97 Å². The van der Waals surface area contributed by atoms with Gasteiger partial charge in [0.2, 0.25) is 0 Å². The van der Waals surface area contributed by atoms with Gasteiger partial charge in [-0.05, 0) is 13.3 Å². The van der Waals surface area contributed by atoms with Crippen LogP contribution in [0.2, 0.25) is 0 Å². The van der Waals surface area contributed by atoms with Gasteiger partial charge in [0, 0.05) is 31.6 Å². The molecule has 3 N–H and O–H groups in total. The Balaban J connectivity index is 2.31. The van der Waals surface area contributed by atoms with E-state index < -0.39 is 12.2 Å². The van der Waals surface area contributed by atoms with Crippen molar-refractivity contribution in [3.63, 3.8) is 0 Å². The van der Waals surface area contributed by atoms with E-state index in [2.05, 4.69) is 22.2 Å². The van der Waals surface area contributed by atoms with Gasteiger partial charge >= 0.3 is 0 Å². The highest BCUT2D eigenvalue weighted by molar-refractivity contribution is 5.59. The van der Waals surface area contributed by atoms with Crippen molar-refractivity contribution in [3.8, 4) is 0 Å². The van der Waals surface area contributed by atoms with Gasteiger partial charge in [0.25, 0.3) is 0 Å². The molecule has 0 aromatic carbocycles. The fourth-order valence-electron chi connectivity index (χ4n) is 2.37. The largest absolute Gasteiger partial charge is 0.389 e. The second kappa shape index (κ2) is 6.37. The van der Waals surface area contributed by atoms with Crippen LogP contribution < -0.4 is 10.2 Å². The number of hydrogen-bond donors (Lipinski definition) is 3. The van der Waals surface area contributed by atoms with E-state index >= 15 is 0 Å². The molecule has 1 aromatic heterocycles. The van der Waals surface area contributed by atoms with Crippen molar-refractivity contribution in [2.45, 2.75) is 45.8 Å². The smallest absolute Gasteiger partial charge is 0.137 e. The van der Waals surface area contributed by atoms with Crippen molar-refractivity contribution in [1.29, 1.82) is 0 Å². The molecule has 1 aromatic rings. The van der Waals surface area contributed by atoms with Crippen molar-refractivity contribution < 1.29 is 10.2 Å². The predicted molar refractivity (Wildman–Crippen MR) is 79.2 cm³/mol. The summed E-state index contributed by atoms with van der Waals surface area (Å²) in [7, 11) is 0. The summed E-state index contributed by atoms with van der Waals surface area (Å²) in [5.74, 6) is 2.44. The summed E-state index contributed by atoms with van der Waals surface area (Å²) in [6.45, 7) is 7.80. The maximum absolute atomic E-state index is 9.71. The standard InChI is InChI=1S/C14H24N4O2/c1-4-6-15-13-9(3)14(17-12(5-2)16-13)18-7-10(19)11(20)8-18/h10-11,19-20H,4-8H2,1-3H3,(H,15,16,17). The summed E-state index contributed by atoms with van der Waals surface area (Å²) in [6.07, 6.45) is 0.372. The highest BCUT2D eigenvalue weighted by Gasteiger charge is 2.31. The molecule has 0 radical (unpaired) electrons. The summed E-state index contributed by atoms with van der Waals surface area (Å²) in [4.78, 5) is 11.0. The number of nitrogens with zero attached hydrogens (tertiary/aromatic N) is 3. The first kappa shape index (κ1) is 15.0. The van der Waals surface area contributed by atoms with Crippen molar-refractivity contribution in [1.82, 2.24) is 9.97 Å². The lowest BCUT2D eigenvalue weighted by atomic mass is 10.2. The fourth-order valence-corrected chi connectivity index (χ4v) is 2.37. The molecule has 2 atom stereocenters. The van der Waals surface area contributed by atoms with Crippen LogP contribution in [-0.2, 0) is 6.42 Å². The quantitative estimate of drug-likeness (QED) is 0.737. The molecule has 2 rings (SSSR count). The average molecular weight is 280 g/mol. The minimum atomic E-state index is -0.707. The number of aliphatic hydroxyl groups excluding tert-OH is 2. The van der Waals surface area contributed by atoms with Crippen LogP contribution >= 0.6 is 0 Å². The lowest BCUT2D eigenvalue weighted by Crippen LogP contribution is -2.24. The highest BCUT2D eigenvalue weighted by atomic mass is 16.3. The molecule has 112 valence electrons. The van der Waals surface area contributed by atoms with Crippen LogP contribution in [0, 0.1) is 6.92 Å². The summed E-state index contributed by atoms with van der Waals surface area (Å²) >= 11 is 0. The summed E-state index contributed by atoms with van der Waals surface area (Å²) in [5.41, 5.74) is 0.969. The Labute approximate surface area is 119 Å². The molecule has 6 nitrogen and oxygen atoms in total. The number of β-amino-alcohol motifs (C(OH)–C–C–N with tert-alkyl or cyclic N) is 2. The maximum atomic E-state index is 9.71. The van der Waals surface area contributed by atoms with E-state index in [1.807, 2.05) is 18.7 Å². The van der Waals surface area contributed by atoms with Crippen LogP contribution in [0.25, 0.3) is 0 Å². The second-order valence-corrected chi connectivity index (χ2v) is 5.26. The average Bonchev–Trinajstić information content (AvgIpc) is 2.77. The molecule has 0 aliphatic carbocycles. The van der Waals surface area contributed by atoms with Gasteiger partial charge in [0.1, 0.15) is 17.5 Å². The minimum absolute atomic E-state index is 0.412. The van der Waals surface area contributed by atoms with Crippen LogP contribution in [0.5, 0.6) is 0 Å². The Kier molecular flexibility index (Phi) is 4.77. The van der Waals surface area contributed by atoms with E-state index in [1.165, 1.54) is 0 Å². The van der Waals surface area contributed by atoms with Crippen LogP contribution in [0.3, 0.4) is 0 Å². The maximum Gasteiger partial charge on any atom is 0.137 e. The van der Waals surface area contributed by atoms with E-state index in [0.29, 0.717) is 13.1 Å². The van der Waals surface area contributed by atoms with Crippen molar-refractivity contribution in [3.05, 3.63) is 11.4 Å². The summed E-state index contributed by atoms with van der Waals surface area (Å²) < 4.78 is 0. The van der Waals surface area contributed by atoms with Gasteiger partial charge < -0.3 is 20.4 Å². The molecule has 6 heteroatoms. The fraction of sp³-hybridized carbons (Fsp3) is 0.714. The predicted octanol–water partition coefficient (Wildman–Crippen LogP) is 0.711. The molecule has 1 aliphatic rings. The molecule has 0 bridgehead atoms. The molecule has 1 saturated heterocycles. The molecule has 2 heterocycles. The number of rotatable bonds is 5. The molecular weight excluding hydrogens is 256 g/mol. The third-order valence-corrected chi connectivity index (χ3v) is 3.58. The van der Waals surface area contributed by atoms with Gasteiger partial charge in [-0.3, -0.25) is 0 Å². The van der Waals surface area contributed by atoms with Crippen molar-refractivity contribution in [2.75, 3.05) is 29.9 Å². The zero-order chi connectivity index (χ0) is 14.7. The number of nitrogens with one attached hydrogen (secondary N) is 1. The molecule has 1 aliphatic heterocycles. The van der Waals surface area contributed by atoms with Crippen molar-refractivity contribution in [2.24, 2.45) is 0 Å². The van der Waals surface area contributed by atoms with E-state index in [9.17, 15) is 10.2 Å². The third kappa shape index (κ3) is 3.02. The second-order valence-electron chi connectivity index (χ2n) is 5.26. The zero-order valence-corrected chi connectivity index (χ0v) is 12.4. The van der Waals surface area contributed by atoms with Crippen molar-refractivity contribution >= 4 is 11.6 Å². The van der Waals surface area contributed by atoms with Gasteiger partial charge in [0.15, 0.2) is 0 Å². The lowest BCUT2D eigenvalue weighted by Gasteiger charge is -2.21. The van der Waals surface area contributed by atoms with Gasteiger partial charge in [0.05, 0.1) is 12.2 Å². The van der Waals surface area contributed by atoms with E-state index in [1.54, 1.807) is 0 Å². The highest BCUT2D eigenvalue weighted by Crippen LogP contribution is 2.27. The molecule has 1 fully saturated rings. The van der Waals surface area contributed by atoms with Crippen LogP contribution in [0.1, 0.15) is 31.7 Å². The number of aliphatic hydroxyl groups is 2. The summed E-state index contributed by atoms with van der Waals surface area (Å²) in [6, 6.07) is 0.